The number of hydrogen-bond acceptors (Lipinski definition) is 2. The van der Waals surface area contributed by atoms with E-state index in [1.807, 2.05) is 0 Å². The van der Waals surface area contributed by atoms with Crippen molar-refractivity contribution in [2.24, 2.45) is 5.92 Å². The van der Waals surface area contributed by atoms with Crippen LogP contribution in [0.4, 0.5) is 0 Å². The first-order valence-corrected chi connectivity index (χ1v) is 6.12. The molecule has 3 heteroatoms. The number of hydrogen-bond donors (Lipinski definition) is 1. The van der Waals surface area contributed by atoms with E-state index < -0.39 is 0 Å². The normalized spacial score (nSPS) is 24.9. The molecule has 0 bridgehead atoms. The van der Waals surface area contributed by atoms with Crippen LogP contribution >= 0.6 is 0 Å². The minimum atomic E-state index is 0.211. The Morgan fingerprint density at radius 2 is 2.33 bits per heavy atom. The molecule has 1 fully saturated rings. The Morgan fingerprint density at radius 3 is 2.93 bits per heavy atom. The van der Waals surface area contributed by atoms with Crippen molar-refractivity contribution in [2.75, 3.05) is 20.1 Å². The molecule has 0 saturated carbocycles. The minimum absolute atomic E-state index is 0.211. The number of amides is 1. The molecular weight excluding hydrogens is 188 g/mol. The smallest absolute Gasteiger partial charge is 0.224 e. The number of carbonyl (C=O) groups is 1. The molecule has 1 saturated heterocycles. The molecule has 1 N–H and O–H groups in total. The first-order valence-electron chi connectivity index (χ1n) is 6.12. The highest BCUT2D eigenvalue weighted by Crippen LogP contribution is 2.15. The molecule has 0 aromatic carbocycles. The van der Waals surface area contributed by atoms with Crippen LogP contribution in [0.5, 0.6) is 0 Å². The summed E-state index contributed by atoms with van der Waals surface area (Å²) in [5, 5.41) is 3.11. The number of piperidine rings is 1. The third kappa shape index (κ3) is 4.20. The molecule has 3 nitrogen and oxygen atoms in total. The summed E-state index contributed by atoms with van der Waals surface area (Å²) in [6.07, 6.45) is 4.41. The Hall–Kier alpha value is -0.570. The standard InChI is InChI=1S/C12H24N2O/c1-4-6-10(2)13-12(15)11-7-5-8-14(3)9-11/h10-11H,4-9H2,1-3H3,(H,13,15)/t10-,11-/m1/s1. The minimum Gasteiger partial charge on any atom is -0.353 e. The summed E-state index contributed by atoms with van der Waals surface area (Å²) in [6.45, 7) is 6.30. The van der Waals surface area contributed by atoms with E-state index in [1.165, 1.54) is 0 Å². The van der Waals surface area contributed by atoms with Crippen molar-refractivity contribution >= 4 is 5.91 Å². The van der Waals surface area contributed by atoms with Gasteiger partial charge in [-0.25, -0.2) is 0 Å². The average Bonchev–Trinajstić information content (AvgIpc) is 2.18. The van der Waals surface area contributed by atoms with Crippen LogP contribution < -0.4 is 5.32 Å². The van der Waals surface area contributed by atoms with Crippen LogP contribution in [0.15, 0.2) is 0 Å². The van der Waals surface area contributed by atoms with Gasteiger partial charge in [0.15, 0.2) is 0 Å². The summed E-state index contributed by atoms with van der Waals surface area (Å²) >= 11 is 0. The van der Waals surface area contributed by atoms with Crippen molar-refractivity contribution < 1.29 is 4.79 Å². The van der Waals surface area contributed by atoms with Gasteiger partial charge in [-0.3, -0.25) is 4.79 Å². The maximum atomic E-state index is 11.9. The monoisotopic (exact) mass is 212 g/mol. The maximum Gasteiger partial charge on any atom is 0.224 e. The second kappa shape index (κ2) is 6.11. The molecule has 0 aromatic rings. The van der Waals surface area contributed by atoms with Crippen LogP contribution in [0.2, 0.25) is 0 Å². The molecule has 88 valence electrons. The quantitative estimate of drug-likeness (QED) is 0.768. The molecule has 1 heterocycles. The largest absolute Gasteiger partial charge is 0.353 e. The lowest BCUT2D eigenvalue weighted by Crippen LogP contribution is -2.44. The van der Waals surface area contributed by atoms with E-state index in [4.69, 9.17) is 0 Å². The first kappa shape index (κ1) is 12.5. The lowest BCUT2D eigenvalue weighted by atomic mass is 9.97. The van der Waals surface area contributed by atoms with E-state index in [1.54, 1.807) is 0 Å². The highest BCUT2D eigenvalue weighted by molar-refractivity contribution is 5.79. The van der Waals surface area contributed by atoms with E-state index in [-0.39, 0.29) is 11.8 Å². The van der Waals surface area contributed by atoms with Crippen molar-refractivity contribution in [2.45, 2.75) is 45.6 Å². The molecule has 0 radical (unpaired) electrons. The topological polar surface area (TPSA) is 32.3 Å². The van der Waals surface area contributed by atoms with E-state index in [0.29, 0.717) is 6.04 Å². The Morgan fingerprint density at radius 1 is 1.60 bits per heavy atom. The predicted octanol–water partition coefficient (Wildman–Crippen LogP) is 1.63. The molecule has 1 aliphatic rings. The van der Waals surface area contributed by atoms with Crippen molar-refractivity contribution in [3.05, 3.63) is 0 Å². The second-order valence-electron chi connectivity index (χ2n) is 4.80. The van der Waals surface area contributed by atoms with Crippen molar-refractivity contribution in [1.82, 2.24) is 10.2 Å². The van der Waals surface area contributed by atoms with Crippen LogP contribution in [0.25, 0.3) is 0 Å². The third-order valence-corrected chi connectivity index (χ3v) is 3.11. The Labute approximate surface area is 93.2 Å². The molecule has 2 atom stereocenters. The van der Waals surface area contributed by atoms with E-state index in [2.05, 4.69) is 31.1 Å². The Balaban J connectivity index is 2.32. The molecular formula is C12H24N2O. The van der Waals surface area contributed by atoms with Crippen LogP contribution in [0, 0.1) is 5.92 Å². The third-order valence-electron chi connectivity index (χ3n) is 3.11. The van der Waals surface area contributed by atoms with Gasteiger partial charge in [0.1, 0.15) is 0 Å². The summed E-state index contributed by atoms with van der Waals surface area (Å²) in [6, 6.07) is 0.328. The fourth-order valence-corrected chi connectivity index (χ4v) is 2.25. The number of nitrogens with one attached hydrogen (secondary N) is 1. The zero-order chi connectivity index (χ0) is 11.3. The SMILES string of the molecule is CCC[C@@H](C)NC(=O)[C@@H]1CCCN(C)C1. The maximum absolute atomic E-state index is 11.9. The van der Waals surface area contributed by atoms with Gasteiger partial charge in [0.05, 0.1) is 5.92 Å². The van der Waals surface area contributed by atoms with Crippen molar-refractivity contribution in [1.29, 1.82) is 0 Å². The van der Waals surface area contributed by atoms with E-state index in [0.717, 1.165) is 38.8 Å². The van der Waals surface area contributed by atoms with Gasteiger partial charge in [0.25, 0.3) is 0 Å². The predicted molar refractivity (Wildman–Crippen MR) is 62.7 cm³/mol. The summed E-state index contributed by atoms with van der Waals surface area (Å²) in [5.74, 6) is 0.463. The number of likely N-dealkylation sites (tertiary alicyclic amines) is 1. The lowest BCUT2D eigenvalue weighted by molar-refractivity contribution is -0.127. The molecule has 0 aromatic heterocycles. The van der Waals surface area contributed by atoms with Gasteiger partial charge in [-0.05, 0) is 39.8 Å². The van der Waals surface area contributed by atoms with Crippen LogP contribution in [-0.2, 0) is 4.79 Å². The van der Waals surface area contributed by atoms with Crippen LogP contribution in [-0.4, -0.2) is 37.0 Å². The van der Waals surface area contributed by atoms with Gasteiger partial charge in [-0.15, -0.1) is 0 Å². The van der Waals surface area contributed by atoms with Gasteiger partial charge >= 0.3 is 0 Å². The molecule has 0 spiro atoms. The molecule has 0 aliphatic carbocycles. The fraction of sp³-hybridized carbons (Fsp3) is 0.917. The van der Waals surface area contributed by atoms with Gasteiger partial charge in [-0.1, -0.05) is 13.3 Å². The molecule has 0 unspecified atom stereocenters. The van der Waals surface area contributed by atoms with Crippen LogP contribution in [0.3, 0.4) is 0 Å². The zero-order valence-electron chi connectivity index (χ0n) is 10.3. The zero-order valence-corrected chi connectivity index (χ0v) is 10.3. The fourth-order valence-electron chi connectivity index (χ4n) is 2.25. The summed E-state index contributed by atoms with van der Waals surface area (Å²) < 4.78 is 0. The number of nitrogens with zero attached hydrogens (tertiary/aromatic N) is 1. The van der Waals surface area contributed by atoms with Crippen molar-refractivity contribution in [3.63, 3.8) is 0 Å². The van der Waals surface area contributed by atoms with Gasteiger partial charge in [0.2, 0.25) is 5.91 Å². The first-order chi connectivity index (χ1) is 7.13. The van der Waals surface area contributed by atoms with E-state index >= 15 is 0 Å². The second-order valence-corrected chi connectivity index (χ2v) is 4.80. The van der Waals surface area contributed by atoms with Crippen molar-refractivity contribution in [3.8, 4) is 0 Å². The molecule has 15 heavy (non-hydrogen) atoms. The highest BCUT2D eigenvalue weighted by atomic mass is 16.2. The van der Waals surface area contributed by atoms with Crippen LogP contribution in [0.1, 0.15) is 39.5 Å². The van der Waals surface area contributed by atoms with E-state index in [9.17, 15) is 4.79 Å². The van der Waals surface area contributed by atoms with Gasteiger partial charge < -0.3 is 10.2 Å². The molecule has 1 aliphatic heterocycles. The average molecular weight is 212 g/mol. The highest BCUT2D eigenvalue weighted by Gasteiger charge is 2.24. The Kier molecular flexibility index (Phi) is 5.09. The summed E-state index contributed by atoms with van der Waals surface area (Å²) in [4.78, 5) is 14.1. The molecule has 1 amide bonds. The number of rotatable bonds is 4. The summed E-state index contributed by atoms with van der Waals surface area (Å²) in [7, 11) is 2.09. The molecule has 1 rings (SSSR count). The lowest BCUT2D eigenvalue weighted by Gasteiger charge is -2.29. The van der Waals surface area contributed by atoms with Gasteiger partial charge in [0, 0.05) is 12.6 Å². The van der Waals surface area contributed by atoms with Gasteiger partial charge in [-0.2, -0.15) is 0 Å². The number of carbonyl (C=O) groups excluding carboxylic acids is 1. The Bertz CT molecular complexity index is 206. The summed E-state index contributed by atoms with van der Waals surface area (Å²) in [5.41, 5.74) is 0.